The lowest BCUT2D eigenvalue weighted by Crippen LogP contribution is -2.36. The van der Waals surface area contributed by atoms with Gasteiger partial charge in [-0.1, -0.05) is 11.6 Å². The highest BCUT2D eigenvalue weighted by Crippen LogP contribution is 2.16. The van der Waals surface area contributed by atoms with Gasteiger partial charge < -0.3 is 10.1 Å². The van der Waals surface area contributed by atoms with Gasteiger partial charge in [0.15, 0.2) is 0 Å². The molecule has 0 spiro atoms. The number of aliphatic hydroxyl groups excluding tert-OH is 1. The summed E-state index contributed by atoms with van der Waals surface area (Å²) in [5.41, 5.74) is 0.495. The second-order valence-corrected chi connectivity index (χ2v) is 5.62. The van der Waals surface area contributed by atoms with Crippen molar-refractivity contribution in [3.8, 4) is 0 Å². The van der Waals surface area contributed by atoms with Crippen LogP contribution >= 0.6 is 11.6 Å². The number of aromatic amines is 1. The van der Waals surface area contributed by atoms with Crippen LogP contribution in [0.15, 0.2) is 23.0 Å². The Morgan fingerprint density at radius 1 is 1.40 bits per heavy atom. The Labute approximate surface area is 121 Å². The summed E-state index contributed by atoms with van der Waals surface area (Å²) in [7, 11) is 0. The molecular weight excluding hydrogens is 278 g/mol. The highest BCUT2D eigenvalue weighted by molar-refractivity contribution is 6.31. The molecule has 2 aromatic rings. The van der Waals surface area contributed by atoms with Gasteiger partial charge in [0.1, 0.15) is 5.82 Å². The van der Waals surface area contributed by atoms with Crippen molar-refractivity contribution in [1.29, 1.82) is 0 Å². The first-order valence-electron chi connectivity index (χ1n) is 6.71. The molecule has 2 heterocycles. The molecular formula is C14H16ClN3O2. The van der Waals surface area contributed by atoms with Gasteiger partial charge in [0, 0.05) is 18.1 Å². The van der Waals surface area contributed by atoms with Crippen LogP contribution in [0.1, 0.15) is 18.7 Å². The summed E-state index contributed by atoms with van der Waals surface area (Å²) in [5.74, 6) is 0.654. The van der Waals surface area contributed by atoms with Crippen LogP contribution in [0.25, 0.3) is 10.9 Å². The Balaban J connectivity index is 1.85. The molecule has 1 aliphatic rings. The fourth-order valence-electron chi connectivity index (χ4n) is 2.52. The monoisotopic (exact) mass is 293 g/mol. The van der Waals surface area contributed by atoms with E-state index in [0.29, 0.717) is 28.3 Å². The number of H-pyrrole nitrogens is 1. The largest absolute Gasteiger partial charge is 0.393 e. The van der Waals surface area contributed by atoms with E-state index in [1.54, 1.807) is 18.2 Å². The quantitative estimate of drug-likeness (QED) is 0.881. The average Bonchev–Trinajstić information content (AvgIpc) is 2.42. The summed E-state index contributed by atoms with van der Waals surface area (Å²) in [6, 6.07) is 5.12. The van der Waals surface area contributed by atoms with E-state index in [1.165, 1.54) is 0 Å². The number of likely N-dealkylation sites (tertiary alicyclic amines) is 1. The maximum atomic E-state index is 12.0. The number of nitrogens with one attached hydrogen (secondary N) is 1. The zero-order valence-electron chi connectivity index (χ0n) is 11.0. The maximum Gasteiger partial charge on any atom is 0.258 e. The number of nitrogens with zero attached hydrogens (tertiary/aromatic N) is 2. The predicted molar refractivity (Wildman–Crippen MR) is 77.9 cm³/mol. The molecule has 0 bridgehead atoms. The summed E-state index contributed by atoms with van der Waals surface area (Å²) >= 11 is 5.89. The zero-order chi connectivity index (χ0) is 14.1. The molecule has 0 atom stereocenters. The molecule has 0 aliphatic carbocycles. The van der Waals surface area contributed by atoms with Crippen molar-refractivity contribution in [2.75, 3.05) is 13.1 Å². The minimum atomic E-state index is -0.197. The zero-order valence-corrected chi connectivity index (χ0v) is 11.7. The number of benzene rings is 1. The molecule has 0 saturated carbocycles. The van der Waals surface area contributed by atoms with Crippen molar-refractivity contribution >= 4 is 22.5 Å². The molecule has 0 radical (unpaired) electrons. The van der Waals surface area contributed by atoms with E-state index < -0.39 is 0 Å². The number of piperidine rings is 1. The second-order valence-electron chi connectivity index (χ2n) is 5.18. The first-order valence-corrected chi connectivity index (χ1v) is 7.08. The van der Waals surface area contributed by atoms with Crippen LogP contribution < -0.4 is 5.56 Å². The van der Waals surface area contributed by atoms with Gasteiger partial charge in [0.05, 0.1) is 23.6 Å². The second kappa shape index (κ2) is 5.52. The predicted octanol–water partition coefficient (Wildman–Crippen LogP) is 1.53. The van der Waals surface area contributed by atoms with Crippen LogP contribution in [0.2, 0.25) is 5.02 Å². The Kier molecular flexibility index (Phi) is 3.74. The maximum absolute atomic E-state index is 12.0. The summed E-state index contributed by atoms with van der Waals surface area (Å²) in [4.78, 5) is 21.5. The molecule has 20 heavy (non-hydrogen) atoms. The fraction of sp³-hybridized carbons (Fsp3) is 0.429. The van der Waals surface area contributed by atoms with Gasteiger partial charge in [-0.05, 0) is 31.0 Å². The number of fused-ring (bicyclic) bond motifs is 1. The first-order chi connectivity index (χ1) is 9.61. The fourth-order valence-corrected chi connectivity index (χ4v) is 2.70. The van der Waals surface area contributed by atoms with Crippen LogP contribution in [0.5, 0.6) is 0 Å². The van der Waals surface area contributed by atoms with Crippen molar-refractivity contribution in [3.05, 3.63) is 39.4 Å². The van der Waals surface area contributed by atoms with Gasteiger partial charge in [-0.3, -0.25) is 9.69 Å². The molecule has 1 fully saturated rings. The molecule has 2 N–H and O–H groups in total. The third-order valence-corrected chi connectivity index (χ3v) is 3.88. The van der Waals surface area contributed by atoms with Gasteiger partial charge in [-0.2, -0.15) is 0 Å². The lowest BCUT2D eigenvalue weighted by molar-refractivity contribution is 0.0780. The lowest BCUT2D eigenvalue weighted by atomic mass is 10.1. The van der Waals surface area contributed by atoms with Gasteiger partial charge >= 0.3 is 0 Å². The molecule has 6 heteroatoms. The molecule has 1 saturated heterocycles. The minimum absolute atomic E-state index is 0.162. The SMILES string of the molecule is O=c1[nH]c(CN2CCC(O)CC2)nc2ccc(Cl)cc12. The van der Waals surface area contributed by atoms with Crippen molar-refractivity contribution < 1.29 is 5.11 Å². The molecule has 0 amide bonds. The molecule has 106 valence electrons. The Hall–Kier alpha value is -1.43. The average molecular weight is 294 g/mol. The minimum Gasteiger partial charge on any atom is -0.393 e. The van der Waals surface area contributed by atoms with Crippen LogP contribution in [0.4, 0.5) is 0 Å². The summed E-state index contributed by atoms with van der Waals surface area (Å²) in [5, 5.41) is 10.5. The Morgan fingerprint density at radius 3 is 2.90 bits per heavy atom. The molecule has 1 aliphatic heterocycles. The van der Waals surface area contributed by atoms with Gasteiger partial charge in [-0.15, -0.1) is 0 Å². The van der Waals surface area contributed by atoms with Gasteiger partial charge in [0.25, 0.3) is 5.56 Å². The summed E-state index contributed by atoms with van der Waals surface area (Å²) < 4.78 is 0. The normalized spacial score (nSPS) is 17.7. The van der Waals surface area contributed by atoms with E-state index in [4.69, 9.17) is 11.6 Å². The molecule has 0 unspecified atom stereocenters. The summed E-state index contributed by atoms with van der Waals surface area (Å²) in [6.07, 6.45) is 1.35. The third kappa shape index (κ3) is 2.85. The first kappa shape index (κ1) is 13.5. The topological polar surface area (TPSA) is 69.2 Å². The number of aromatic nitrogens is 2. The van der Waals surface area contributed by atoms with Crippen LogP contribution in [0.3, 0.4) is 0 Å². The number of hydrogen-bond acceptors (Lipinski definition) is 4. The Bertz CT molecular complexity index is 678. The number of rotatable bonds is 2. The highest BCUT2D eigenvalue weighted by Gasteiger charge is 2.18. The van der Waals surface area contributed by atoms with Crippen molar-refractivity contribution in [1.82, 2.24) is 14.9 Å². The van der Waals surface area contributed by atoms with Gasteiger partial charge in [-0.25, -0.2) is 4.98 Å². The highest BCUT2D eigenvalue weighted by atomic mass is 35.5. The molecule has 3 rings (SSSR count). The number of hydrogen-bond donors (Lipinski definition) is 2. The lowest BCUT2D eigenvalue weighted by Gasteiger charge is -2.28. The number of aliphatic hydroxyl groups is 1. The standard InChI is InChI=1S/C14H16ClN3O2/c15-9-1-2-12-11(7-9)14(20)17-13(16-12)8-18-5-3-10(19)4-6-18/h1-2,7,10,19H,3-6,8H2,(H,16,17,20). The van der Waals surface area contributed by atoms with Gasteiger partial charge in [0.2, 0.25) is 0 Å². The van der Waals surface area contributed by atoms with E-state index in [0.717, 1.165) is 25.9 Å². The smallest absolute Gasteiger partial charge is 0.258 e. The van der Waals surface area contributed by atoms with Crippen molar-refractivity contribution in [2.24, 2.45) is 0 Å². The van der Waals surface area contributed by atoms with E-state index in [9.17, 15) is 9.90 Å². The van der Waals surface area contributed by atoms with E-state index in [-0.39, 0.29) is 11.7 Å². The van der Waals surface area contributed by atoms with Crippen LogP contribution in [-0.2, 0) is 6.54 Å². The third-order valence-electron chi connectivity index (χ3n) is 3.65. The number of halogens is 1. The van der Waals surface area contributed by atoms with Crippen molar-refractivity contribution in [3.63, 3.8) is 0 Å². The Morgan fingerprint density at radius 2 is 2.15 bits per heavy atom. The summed E-state index contributed by atoms with van der Waals surface area (Å²) in [6.45, 7) is 2.24. The molecule has 1 aromatic carbocycles. The van der Waals surface area contributed by atoms with E-state index in [1.807, 2.05) is 0 Å². The van der Waals surface area contributed by atoms with E-state index in [2.05, 4.69) is 14.9 Å². The molecule has 1 aromatic heterocycles. The van der Waals surface area contributed by atoms with Crippen LogP contribution in [0, 0.1) is 0 Å². The van der Waals surface area contributed by atoms with Crippen molar-refractivity contribution in [2.45, 2.75) is 25.5 Å². The molecule has 5 nitrogen and oxygen atoms in total. The van der Waals surface area contributed by atoms with Crippen LogP contribution in [-0.4, -0.2) is 39.2 Å². The van der Waals surface area contributed by atoms with E-state index >= 15 is 0 Å².